The van der Waals surface area contributed by atoms with Gasteiger partial charge in [0.25, 0.3) is 5.91 Å². The van der Waals surface area contributed by atoms with Gasteiger partial charge in [-0.2, -0.15) is 0 Å². The van der Waals surface area contributed by atoms with Crippen LogP contribution in [0.4, 0.5) is 5.69 Å². The van der Waals surface area contributed by atoms with Gasteiger partial charge in [0.05, 0.1) is 0 Å². The minimum Gasteiger partial charge on any atom is -0.482 e. The SMILES string of the molecule is Cc1ccc(Cl)cc1NC(=O)C(C)OC(=O)COc1ccc(Br)cc1. The molecule has 7 heteroatoms. The summed E-state index contributed by atoms with van der Waals surface area (Å²) in [4.78, 5) is 24.0. The van der Waals surface area contributed by atoms with Gasteiger partial charge in [-0.1, -0.05) is 33.6 Å². The van der Waals surface area contributed by atoms with Crippen LogP contribution >= 0.6 is 27.5 Å². The summed E-state index contributed by atoms with van der Waals surface area (Å²) in [5.74, 6) is -0.539. The number of halogens is 2. The van der Waals surface area contributed by atoms with Crippen LogP contribution in [0.15, 0.2) is 46.9 Å². The largest absolute Gasteiger partial charge is 0.482 e. The van der Waals surface area contributed by atoms with Crippen molar-refractivity contribution in [2.45, 2.75) is 20.0 Å². The molecule has 0 aromatic heterocycles. The summed E-state index contributed by atoms with van der Waals surface area (Å²) >= 11 is 9.23. The van der Waals surface area contributed by atoms with Crippen LogP contribution in [0.2, 0.25) is 5.02 Å². The molecule has 1 amide bonds. The van der Waals surface area contributed by atoms with Crippen molar-refractivity contribution in [1.82, 2.24) is 0 Å². The lowest BCUT2D eigenvalue weighted by Crippen LogP contribution is -2.31. The maximum Gasteiger partial charge on any atom is 0.344 e. The van der Waals surface area contributed by atoms with Crippen molar-refractivity contribution in [1.29, 1.82) is 0 Å². The second-order valence-electron chi connectivity index (χ2n) is 5.32. The number of anilines is 1. The molecule has 2 aromatic carbocycles. The lowest BCUT2D eigenvalue weighted by atomic mass is 10.2. The van der Waals surface area contributed by atoms with Gasteiger partial charge in [-0.3, -0.25) is 4.79 Å². The van der Waals surface area contributed by atoms with Crippen LogP contribution < -0.4 is 10.1 Å². The van der Waals surface area contributed by atoms with E-state index in [1.54, 1.807) is 42.5 Å². The summed E-state index contributed by atoms with van der Waals surface area (Å²) in [5.41, 5.74) is 1.43. The van der Waals surface area contributed by atoms with E-state index in [0.717, 1.165) is 10.0 Å². The second-order valence-corrected chi connectivity index (χ2v) is 6.68. The molecule has 0 saturated heterocycles. The van der Waals surface area contributed by atoms with Gasteiger partial charge < -0.3 is 14.8 Å². The number of rotatable bonds is 6. The third kappa shape index (κ3) is 6.07. The zero-order chi connectivity index (χ0) is 18.4. The Bertz CT molecular complexity index is 764. The van der Waals surface area contributed by atoms with Crippen LogP contribution in [0.25, 0.3) is 0 Å². The third-order valence-electron chi connectivity index (χ3n) is 3.31. The quantitative estimate of drug-likeness (QED) is 0.697. The molecule has 2 rings (SSSR count). The minimum absolute atomic E-state index is 0.282. The standard InChI is InChI=1S/C18H17BrClNO4/c1-11-3-6-14(20)9-16(11)21-18(23)12(2)25-17(22)10-24-15-7-4-13(19)5-8-15/h3-9,12H,10H2,1-2H3,(H,21,23). The molecule has 132 valence electrons. The van der Waals surface area contributed by atoms with Crippen molar-refractivity contribution >= 4 is 45.1 Å². The predicted molar refractivity (Wildman–Crippen MR) is 100 cm³/mol. The van der Waals surface area contributed by atoms with Crippen molar-refractivity contribution in [3.05, 3.63) is 57.5 Å². The highest BCUT2D eigenvalue weighted by atomic mass is 79.9. The third-order valence-corrected chi connectivity index (χ3v) is 4.07. The zero-order valence-electron chi connectivity index (χ0n) is 13.7. The molecule has 1 unspecified atom stereocenters. The van der Waals surface area contributed by atoms with E-state index in [9.17, 15) is 9.59 Å². The Morgan fingerprint density at radius 2 is 1.88 bits per heavy atom. The minimum atomic E-state index is -0.959. The number of nitrogens with one attached hydrogen (secondary N) is 1. The molecule has 0 spiro atoms. The first-order valence-corrected chi connectivity index (χ1v) is 8.67. The van der Waals surface area contributed by atoms with E-state index in [4.69, 9.17) is 21.1 Å². The summed E-state index contributed by atoms with van der Waals surface area (Å²) in [6.45, 7) is 3.05. The highest BCUT2D eigenvalue weighted by Gasteiger charge is 2.19. The molecule has 0 aliphatic carbocycles. The number of hydrogen-bond acceptors (Lipinski definition) is 4. The van der Waals surface area contributed by atoms with E-state index < -0.39 is 18.0 Å². The highest BCUT2D eigenvalue weighted by Crippen LogP contribution is 2.20. The molecule has 0 saturated carbocycles. The Hall–Kier alpha value is -2.05. The number of hydrogen-bond donors (Lipinski definition) is 1. The van der Waals surface area contributed by atoms with Crippen molar-refractivity contribution in [2.24, 2.45) is 0 Å². The van der Waals surface area contributed by atoms with Gasteiger partial charge in [0.1, 0.15) is 5.75 Å². The van der Waals surface area contributed by atoms with Gasteiger partial charge in [0.2, 0.25) is 0 Å². The molecule has 5 nitrogen and oxygen atoms in total. The van der Waals surface area contributed by atoms with Gasteiger partial charge in [-0.15, -0.1) is 0 Å². The van der Waals surface area contributed by atoms with E-state index in [1.807, 2.05) is 6.92 Å². The van der Waals surface area contributed by atoms with Crippen LogP contribution in [0.5, 0.6) is 5.75 Å². The molecule has 0 bridgehead atoms. The Morgan fingerprint density at radius 1 is 1.20 bits per heavy atom. The molecule has 0 radical (unpaired) electrons. The number of benzene rings is 2. The summed E-state index contributed by atoms with van der Waals surface area (Å²) in [7, 11) is 0. The van der Waals surface area contributed by atoms with Crippen LogP contribution in [-0.2, 0) is 14.3 Å². The Kier molecular flexibility index (Phi) is 6.84. The number of esters is 1. The lowest BCUT2D eigenvalue weighted by molar-refractivity contribution is -0.155. The number of ether oxygens (including phenoxy) is 2. The van der Waals surface area contributed by atoms with Gasteiger partial charge in [-0.25, -0.2) is 4.79 Å². The van der Waals surface area contributed by atoms with E-state index >= 15 is 0 Å². The smallest absolute Gasteiger partial charge is 0.344 e. The van der Waals surface area contributed by atoms with Gasteiger partial charge in [-0.05, 0) is 55.8 Å². The van der Waals surface area contributed by atoms with E-state index in [0.29, 0.717) is 16.5 Å². The monoisotopic (exact) mass is 425 g/mol. The van der Waals surface area contributed by atoms with E-state index in [2.05, 4.69) is 21.2 Å². The number of amides is 1. The Balaban J connectivity index is 1.84. The molecule has 0 heterocycles. The van der Waals surface area contributed by atoms with Crippen LogP contribution in [0.1, 0.15) is 12.5 Å². The molecule has 1 atom stereocenters. The van der Waals surface area contributed by atoms with Gasteiger partial charge in [0, 0.05) is 15.2 Å². The molecular formula is C18H17BrClNO4. The summed E-state index contributed by atoms with van der Waals surface area (Å²) in [6.07, 6.45) is -0.959. The second kappa shape index (κ2) is 8.87. The molecule has 2 aromatic rings. The van der Waals surface area contributed by atoms with Gasteiger partial charge >= 0.3 is 5.97 Å². The molecule has 0 fully saturated rings. The number of carbonyl (C=O) groups is 2. The molecule has 25 heavy (non-hydrogen) atoms. The Morgan fingerprint density at radius 3 is 2.56 bits per heavy atom. The van der Waals surface area contributed by atoms with E-state index in [-0.39, 0.29) is 6.61 Å². The molecule has 0 aliphatic rings. The van der Waals surface area contributed by atoms with Crippen LogP contribution in [0, 0.1) is 6.92 Å². The fourth-order valence-corrected chi connectivity index (χ4v) is 2.36. The average Bonchev–Trinajstić information content (AvgIpc) is 2.57. The number of carbonyl (C=O) groups excluding carboxylic acids is 2. The fourth-order valence-electron chi connectivity index (χ4n) is 1.92. The van der Waals surface area contributed by atoms with Gasteiger partial charge in [0.15, 0.2) is 12.7 Å². The summed E-state index contributed by atoms with van der Waals surface area (Å²) in [6, 6.07) is 12.2. The maximum absolute atomic E-state index is 12.1. The van der Waals surface area contributed by atoms with Crippen LogP contribution in [0.3, 0.4) is 0 Å². The Labute approximate surface area is 159 Å². The lowest BCUT2D eigenvalue weighted by Gasteiger charge is -2.15. The van der Waals surface area contributed by atoms with Crippen LogP contribution in [-0.4, -0.2) is 24.6 Å². The first-order chi connectivity index (χ1) is 11.8. The summed E-state index contributed by atoms with van der Waals surface area (Å²) < 4.78 is 11.3. The first-order valence-electron chi connectivity index (χ1n) is 7.50. The predicted octanol–water partition coefficient (Wildman–Crippen LogP) is 4.36. The zero-order valence-corrected chi connectivity index (χ0v) is 16.1. The average molecular weight is 427 g/mol. The number of aryl methyl sites for hydroxylation is 1. The molecule has 0 aliphatic heterocycles. The van der Waals surface area contributed by atoms with Crippen molar-refractivity contribution in [3.8, 4) is 5.75 Å². The first kappa shape index (κ1) is 19.3. The summed E-state index contributed by atoms with van der Waals surface area (Å²) in [5, 5.41) is 3.20. The highest BCUT2D eigenvalue weighted by molar-refractivity contribution is 9.10. The normalized spacial score (nSPS) is 11.5. The topological polar surface area (TPSA) is 64.6 Å². The molecule has 1 N–H and O–H groups in total. The van der Waals surface area contributed by atoms with E-state index in [1.165, 1.54) is 6.92 Å². The van der Waals surface area contributed by atoms with Crippen molar-refractivity contribution in [3.63, 3.8) is 0 Å². The molecular weight excluding hydrogens is 410 g/mol. The van der Waals surface area contributed by atoms with Crippen molar-refractivity contribution in [2.75, 3.05) is 11.9 Å². The maximum atomic E-state index is 12.1. The van der Waals surface area contributed by atoms with Crippen molar-refractivity contribution < 1.29 is 19.1 Å². The fraction of sp³-hybridized carbons (Fsp3) is 0.222.